The molecule has 2 rings (SSSR count). The zero-order chi connectivity index (χ0) is 11.5. The molecule has 0 fully saturated rings. The van der Waals surface area contributed by atoms with Crippen LogP contribution in [0.4, 0.5) is 5.69 Å². The van der Waals surface area contributed by atoms with E-state index in [1.807, 2.05) is 12.1 Å². The molecule has 0 bridgehead atoms. The predicted octanol–water partition coefficient (Wildman–Crippen LogP) is 2.39. The Labute approximate surface area is 103 Å². The molecule has 0 unspecified atom stereocenters. The minimum atomic E-state index is 0.197. The number of hydrogen-bond acceptors (Lipinski definition) is 2. The van der Waals surface area contributed by atoms with Crippen molar-refractivity contribution in [2.45, 2.75) is 0 Å². The molecule has 0 saturated heterocycles. The molecule has 2 aromatic rings. The van der Waals surface area contributed by atoms with E-state index in [1.54, 1.807) is 18.3 Å². The van der Waals surface area contributed by atoms with Crippen molar-refractivity contribution in [1.29, 1.82) is 0 Å². The maximum Gasteiger partial charge on any atom is 0.168 e. The van der Waals surface area contributed by atoms with E-state index in [-0.39, 0.29) is 5.11 Å². The molecule has 4 nitrogen and oxygen atoms in total. The van der Waals surface area contributed by atoms with E-state index < -0.39 is 0 Å². The Kier molecular flexibility index (Phi) is 3.07. The molecule has 4 N–H and O–H groups in total. The van der Waals surface area contributed by atoms with Gasteiger partial charge in [-0.15, -0.1) is 0 Å². The fourth-order valence-corrected chi connectivity index (χ4v) is 1.68. The molecule has 1 heterocycles. The molecule has 0 aliphatic carbocycles. The van der Waals surface area contributed by atoms with Gasteiger partial charge in [0, 0.05) is 16.8 Å². The summed E-state index contributed by atoms with van der Waals surface area (Å²) in [5.74, 6) is 0. The lowest BCUT2D eigenvalue weighted by Gasteiger charge is -2.09. The molecular formula is C10H9ClN4S. The van der Waals surface area contributed by atoms with Crippen LogP contribution in [0.2, 0.25) is 5.02 Å². The van der Waals surface area contributed by atoms with Crippen molar-refractivity contribution < 1.29 is 0 Å². The summed E-state index contributed by atoms with van der Waals surface area (Å²) in [5.41, 5.74) is 7.98. The highest BCUT2D eigenvalue weighted by molar-refractivity contribution is 7.80. The van der Waals surface area contributed by atoms with Crippen molar-refractivity contribution in [2.24, 2.45) is 5.73 Å². The number of nitrogens with zero attached hydrogens (tertiary/aromatic N) is 1. The summed E-state index contributed by atoms with van der Waals surface area (Å²) in [5, 5.41) is 10.5. The van der Waals surface area contributed by atoms with Gasteiger partial charge >= 0.3 is 0 Å². The summed E-state index contributed by atoms with van der Waals surface area (Å²) in [7, 11) is 0. The number of thiocarbonyl (C=S) groups is 1. The first kappa shape index (κ1) is 10.9. The number of H-pyrrole nitrogens is 1. The van der Waals surface area contributed by atoms with Crippen LogP contribution >= 0.6 is 23.8 Å². The van der Waals surface area contributed by atoms with Gasteiger partial charge in [-0.05, 0) is 36.5 Å². The monoisotopic (exact) mass is 252 g/mol. The molecule has 0 amide bonds. The lowest BCUT2D eigenvalue weighted by atomic mass is 10.1. The number of halogens is 1. The van der Waals surface area contributed by atoms with Crippen molar-refractivity contribution in [3.05, 3.63) is 35.5 Å². The second kappa shape index (κ2) is 4.51. The highest BCUT2D eigenvalue weighted by atomic mass is 35.5. The third-order valence-corrected chi connectivity index (χ3v) is 2.37. The van der Waals surface area contributed by atoms with Gasteiger partial charge in [0.2, 0.25) is 0 Å². The van der Waals surface area contributed by atoms with Gasteiger partial charge in [0.15, 0.2) is 5.11 Å². The van der Waals surface area contributed by atoms with Crippen LogP contribution in [0.5, 0.6) is 0 Å². The number of nitrogens with two attached hydrogens (primary N) is 1. The Morgan fingerprint density at radius 3 is 2.88 bits per heavy atom. The summed E-state index contributed by atoms with van der Waals surface area (Å²) < 4.78 is 0. The van der Waals surface area contributed by atoms with E-state index in [0.717, 1.165) is 16.9 Å². The van der Waals surface area contributed by atoms with E-state index in [1.165, 1.54) is 0 Å². The van der Waals surface area contributed by atoms with Gasteiger partial charge in [0.05, 0.1) is 11.4 Å². The summed E-state index contributed by atoms with van der Waals surface area (Å²) in [6.45, 7) is 0. The zero-order valence-electron chi connectivity index (χ0n) is 8.20. The predicted molar refractivity (Wildman–Crippen MR) is 69.4 cm³/mol. The highest BCUT2D eigenvalue weighted by Crippen LogP contribution is 2.28. The largest absolute Gasteiger partial charge is 0.376 e. The zero-order valence-corrected chi connectivity index (χ0v) is 9.77. The van der Waals surface area contributed by atoms with Crippen LogP contribution in [0.25, 0.3) is 11.3 Å². The Morgan fingerprint density at radius 2 is 2.25 bits per heavy atom. The van der Waals surface area contributed by atoms with Gasteiger partial charge in [-0.2, -0.15) is 5.10 Å². The molecule has 0 aliphatic heterocycles. The molecule has 6 heteroatoms. The summed E-state index contributed by atoms with van der Waals surface area (Å²) in [4.78, 5) is 0. The lowest BCUT2D eigenvalue weighted by Crippen LogP contribution is -2.19. The Morgan fingerprint density at radius 1 is 1.44 bits per heavy atom. The minimum absolute atomic E-state index is 0.197. The first-order chi connectivity index (χ1) is 7.66. The Balaban J connectivity index is 2.48. The van der Waals surface area contributed by atoms with Crippen LogP contribution in [-0.4, -0.2) is 15.3 Å². The average molecular weight is 253 g/mol. The van der Waals surface area contributed by atoms with Crippen LogP contribution in [0.15, 0.2) is 30.5 Å². The van der Waals surface area contributed by atoms with Gasteiger partial charge in [-0.25, -0.2) is 0 Å². The Bertz CT molecular complexity index is 510. The minimum Gasteiger partial charge on any atom is -0.376 e. The molecule has 0 spiro atoms. The number of aromatic nitrogens is 2. The topological polar surface area (TPSA) is 66.7 Å². The number of hydrogen-bond donors (Lipinski definition) is 3. The maximum absolute atomic E-state index is 5.91. The molecule has 0 aliphatic rings. The normalized spacial score (nSPS) is 10.1. The number of anilines is 1. The average Bonchev–Trinajstić information content (AvgIpc) is 2.69. The van der Waals surface area contributed by atoms with Crippen LogP contribution in [0.1, 0.15) is 0 Å². The van der Waals surface area contributed by atoms with Gasteiger partial charge in [0.25, 0.3) is 0 Å². The second-order valence-electron chi connectivity index (χ2n) is 3.15. The first-order valence-corrected chi connectivity index (χ1v) is 5.31. The fourth-order valence-electron chi connectivity index (χ4n) is 1.39. The van der Waals surface area contributed by atoms with Crippen molar-refractivity contribution in [1.82, 2.24) is 10.2 Å². The highest BCUT2D eigenvalue weighted by Gasteiger charge is 2.07. The van der Waals surface area contributed by atoms with Gasteiger partial charge in [-0.1, -0.05) is 11.6 Å². The third-order valence-electron chi connectivity index (χ3n) is 2.03. The Hall–Kier alpha value is -1.59. The molecular weight excluding hydrogens is 244 g/mol. The van der Waals surface area contributed by atoms with E-state index >= 15 is 0 Å². The number of benzene rings is 1. The van der Waals surface area contributed by atoms with Crippen LogP contribution in [-0.2, 0) is 0 Å². The number of nitrogens with one attached hydrogen (secondary N) is 2. The van der Waals surface area contributed by atoms with E-state index in [0.29, 0.717) is 5.02 Å². The van der Waals surface area contributed by atoms with Crippen LogP contribution in [0.3, 0.4) is 0 Å². The number of rotatable bonds is 2. The SMILES string of the molecule is NC(=S)Nc1cc(Cl)ccc1-c1ccn[nH]1. The first-order valence-electron chi connectivity index (χ1n) is 4.52. The quantitative estimate of drug-likeness (QED) is 0.718. The number of aromatic amines is 1. The van der Waals surface area contributed by atoms with Gasteiger partial charge in [0.1, 0.15) is 0 Å². The van der Waals surface area contributed by atoms with Crippen molar-refractivity contribution in [3.8, 4) is 11.3 Å². The second-order valence-corrected chi connectivity index (χ2v) is 4.03. The molecule has 1 aromatic carbocycles. The van der Waals surface area contributed by atoms with Gasteiger partial charge < -0.3 is 11.1 Å². The third kappa shape index (κ3) is 2.32. The molecule has 16 heavy (non-hydrogen) atoms. The van der Waals surface area contributed by atoms with Crippen molar-refractivity contribution in [3.63, 3.8) is 0 Å². The van der Waals surface area contributed by atoms with E-state index in [4.69, 9.17) is 29.6 Å². The summed E-state index contributed by atoms with van der Waals surface area (Å²) in [6, 6.07) is 7.28. The molecule has 1 aromatic heterocycles. The van der Waals surface area contributed by atoms with Crippen LogP contribution in [0, 0.1) is 0 Å². The standard InChI is InChI=1S/C10H9ClN4S/c11-6-1-2-7(8-3-4-13-15-8)9(5-6)14-10(12)16/h1-5H,(H,13,15)(H3,12,14,16). The fraction of sp³-hybridized carbons (Fsp3) is 0. The molecule has 0 saturated carbocycles. The van der Waals surface area contributed by atoms with Crippen molar-refractivity contribution in [2.75, 3.05) is 5.32 Å². The molecule has 0 atom stereocenters. The van der Waals surface area contributed by atoms with E-state index in [2.05, 4.69) is 15.5 Å². The van der Waals surface area contributed by atoms with E-state index in [9.17, 15) is 0 Å². The van der Waals surface area contributed by atoms with Crippen LogP contribution < -0.4 is 11.1 Å². The maximum atomic E-state index is 5.91. The summed E-state index contributed by atoms with van der Waals surface area (Å²) in [6.07, 6.45) is 1.68. The molecule has 0 radical (unpaired) electrons. The smallest absolute Gasteiger partial charge is 0.168 e. The molecule has 82 valence electrons. The van der Waals surface area contributed by atoms with Gasteiger partial charge in [-0.3, -0.25) is 5.10 Å². The van der Waals surface area contributed by atoms with Crippen molar-refractivity contribution >= 4 is 34.6 Å². The summed E-state index contributed by atoms with van der Waals surface area (Å²) >= 11 is 10.7. The lowest BCUT2D eigenvalue weighted by molar-refractivity contribution is 1.10.